The maximum absolute atomic E-state index is 13.0. The van der Waals surface area contributed by atoms with Gasteiger partial charge in [0.15, 0.2) is 11.6 Å². The second-order valence-corrected chi connectivity index (χ2v) is 8.64. The summed E-state index contributed by atoms with van der Waals surface area (Å²) >= 11 is 0. The van der Waals surface area contributed by atoms with Crippen LogP contribution in [0.3, 0.4) is 0 Å². The molecule has 1 amide bonds. The highest BCUT2D eigenvalue weighted by atomic mass is 16.5. The van der Waals surface area contributed by atoms with Crippen molar-refractivity contribution < 1.29 is 14.3 Å². The van der Waals surface area contributed by atoms with Gasteiger partial charge in [0.2, 0.25) is 0 Å². The van der Waals surface area contributed by atoms with Crippen LogP contribution < -0.4 is 15.0 Å². The molecule has 2 fully saturated rings. The van der Waals surface area contributed by atoms with Crippen LogP contribution in [-0.4, -0.2) is 59.3 Å². The van der Waals surface area contributed by atoms with Crippen LogP contribution in [0.25, 0.3) is 0 Å². The zero-order valence-corrected chi connectivity index (χ0v) is 17.7. The number of amides is 1. The molecule has 5 rings (SSSR count). The van der Waals surface area contributed by atoms with Crippen LogP contribution in [0, 0.1) is 11.8 Å². The predicted molar refractivity (Wildman–Crippen MR) is 117 cm³/mol. The average Bonchev–Trinajstić information content (AvgIpc) is 3.61. The maximum atomic E-state index is 13.0. The fourth-order valence-corrected chi connectivity index (χ4v) is 4.50. The first-order valence-electron chi connectivity index (χ1n) is 11.0. The summed E-state index contributed by atoms with van der Waals surface area (Å²) in [6.07, 6.45) is 7.79. The van der Waals surface area contributed by atoms with E-state index >= 15 is 0 Å². The molecule has 0 bridgehead atoms. The smallest absolute Gasteiger partial charge is 0.255 e. The minimum absolute atomic E-state index is 0.0583. The highest BCUT2D eigenvalue weighted by Gasteiger charge is 2.46. The van der Waals surface area contributed by atoms with E-state index in [1.807, 2.05) is 30.0 Å². The largest absolute Gasteiger partial charge is 0.488 e. The van der Waals surface area contributed by atoms with Gasteiger partial charge in [-0.2, -0.15) is 0 Å². The van der Waals surface area contributed by atoms with E-state index in [1.165, 1.54) is 6.42 Å². The summed E-state index contributed by atoms with van der Waals surface area (Å²) in [5.41, 5.74) is 1.53. The molecule has 4 heterocycles. The van der Waals surface area contributed by atoms with E-state index in [0.717, 1.165) is 31.4 Å². The van der Waals surface area contributed by atoms with Crippen molar-refractivity contribution in [2.75, 3.05) is 36.5 Å². The quantitative estimate of drug-likeness (QED) is 0.718. The lowest BCUT2D eigenvalue weighted by Crippen LogP contribution is -2.37. The molecule has 1 saturated heterocycles. The van der Waals surface area contributed by atoms with E-state index in [0.29, 0.717) is 54.6 Å². The van der Waals surface area contributed by atoms with Gasteiger partial charge in [-0.05, 0) is 37.3 Å². The van der Waals surface area contributed by atoms with Gasteiger partial charge in [0.25, 0.3) is 5.91 Å². The normalized spacial score (nSPS) is 22.6. The van der Waals surface area contributed by atoms with Crippen LogP contribution in [0.1, 0.15) is 36.5 Å². The molecule has 2 aromatic heterocycles. The molecule has 31 heavy (non-hydrogen) atoms. The van der Waals surface area contributed by atoms with Crippen molar-refractivity contribution in [3.8, 4) is 5.75 Å². The molecule has 0 radical (unpaired) electrons. The zero-order valence-electron chi connectivity index (χ0n) is 17.7. The van der Waals surface area contributed by atoms with Crippen LogP contribution in [-0.2, 0) is 4.79 Å². The number of piperidine rings is 1. The van der Waals surface area contributed by atoms with Gasteiger partial charge in [-0.15, -0.1) is 0 Å². The van der Waals surface area contributed by atoms with Gasteiger partial charge in [-0.1, -0.05) is 6.92 Å². The standard InChI is InChI=1S/C23H27N5O3/c1-15(14-29)12-25-21-11-18(4-5-24-21)27-7-8-31-20-10-17(13-26-22(20)27)23(30)28-6-2-3-16-9-19(16)28/h4-5,10-11,13-16,19H,2-3,6-9,12H2,1H3,(H,24,25). The van der Waals surface area contributed by atoms with Crippen LogP contribution in [0.4, 0.5) is 17.3 Å². The Morgan fingerprint density at radius 3 is 3.13 bits per heavy atom. The molecule has 1 N–H and O–H groups in total. The molecule has 3 atom stereocenters. The van der Waals surface area contributed by atoms with Gasteiger partial charge in [0.1, 0.15) is 18.7 Å². The lowest BCUT2D eigenvalue weighted by atomic mass is 10.1. The summed E-state index contributed by atoms with van der Waals surface area (Å²) in [6, 6.07) is 6.10. The molecule has 1 aliphatic carbocycles. The summed E-state index contributed by atoms with van der Waals surface area (Å²) in [5, 5.41) is 3.20. The van der Waals surface area contributed by atoms with Gasteiger partial charge in [0.05, 0.1) is 12.1 Å². The third kappa shape index (κ3) is 3.94. The SMILES string of the molecule is CC(C=O)CNc1cc(N2CCOc3cc(C(=O)N4CCCC5CC54)cnc32)ccn1. The van der Waals surface area contributed by atoms with E-state index in [-0.39, 0.29) is 11.8 Å². The number of carbonyl (C=O) groups excluding carboxylic acids is 2. The molecular weight excluding hydrogens is 394 g/mol. The highest BCUT2D eigenvalue weighted by molar-refractivity contribution is 5.95. The fraction of sp³-hybridized carbons (Fsp3) is 0.478. The molecule has 162 valence electrons. The van der Waals surface area contributed by atoms with Crippen molar-refractivity contribution >= 4 is 29.5 Å². The van der Waals surface area contributed by atoms with Crippen LogP contribution in [0.2, 0.25) is 0 Å². The van der Waals surface area contributed by atoms with E-state index in [2.05, 4.69) is 20.2 Å². The first-order chi connectivity index (χ1) is 15.1. The zero-order chi connectivity index (χ0) is 21.4. The molecule has 3 unspecified atom stereocenters. The van der Waals surface area contributed by atoms with E-state index in [9.17, 15) is 9.59 Å². The fourth-order valence-electron chi connectivity index (χ4n) is 4.50. The number of hydrogen-bond donors (Lipinski definition) is 1. The van der Waals surface area contributed by atoms with Gasteiger partial charge < -0.3 is 24.6 Å². The molecule has 8 heteroatoms. The minimum atomic E-state index is -0.0852. The van der Waals surface area contributed by atoms with Crippen molar-refractivity contribution in [1.29, 1.82) is 0 Å². The molecule has 8 nitrogen and oxygen atoms in total. The van der Waals surface area contributed by atoms with Crippen LogP contribution >= 0.6 is 0 Å². The number of nitrogens with one attached hydrogen (secondary N) is 1. The molecule has 2 aromatic rings. The second kappa shape index (κ2) is 8.17. The maximum Gasteiger partial charge on any atom is 0.255 e. The molecule has 0 spiro atoms. The third-order valence-electron chi connectivity index (χ3n) is 6.32. The van der Waals surface area contributed by atoms with E-state index < -0.39 is 0 Å². The topological polar surface area (TPSA) is 87.7 Å². The lowest BCUT2D eigenvalue weighted by Gasteiger charge is -2.31. The third-order valence-corrected chi connectivity index (χ3v) is 6.32. The van der Waals surface area contributed by atoms with Crippen molar-refractivity contribution in [3.63, 3.8) is 0 Å². The monoisotopic (exact) mass is 421 g/mol. The Bertz CT molecular complexity index is 997. The first-order valence-corrected chi connectivity index (χ1v) is 11.0. The van der Waals surface area contributed by atoms with Crippen LogP contribution in [0.15, 0.2) is 30.6 Å². The van der Waals surface area contributed by atoms with Crippen molar-refractivity contribution in [2.24, 2.45) is 11.8 Å². The number of ether oxygens (including phenoxy) is 1. The van der Waals surface area contributed by atoms with Crippen molar-refractivity contribution in [1.82, 2.24) is 14.9 Å². The number of aromatic nitrogens is 2. The Kier molecular flexibility index (Phi) is 5.21. The van der Waals surface area contributed by atoms with Gasteiger partial charge in [0, 0.05) is 49.2 Å². The number of fused-ring (bicyclic) bond motifs is 2. The van der Waals surface area contributed by atoms with Crippen LogP contribution in [0.5, 0.6) is 5.75 Å². The Morgan fingerprint density at radius 1 is 1.35 bits per heavy atom. The van der Waals surface area contributed by atoms with Gasteiger partial charge in [-0.3, -0.25) is 4.79 Å². The average molecular weight is 422 g/mol. The summed E-state index contributed by atoms with van der Waals surface area (Å²) in [6.45, 7) is 4.38. The lowest BCUT2D eigenvalue weighted by molar-refractivity contribution is -0.110. The molecule has 1 saturated carbocycles. The number of pyridine rings is 2. The second-order valence-electron chi connectivity index (χ2n) is 8.64. The Balaban J connectivity index is 1.36. The Morgan fingerprint density at radius 2 is 2.26 bits per heavy atom. The molecular formula is C23H27N5O3. The summed E-state index contributed by atoms with van der Waals surface area (Å²) in [5.74, 6) is 2.70. The highest BCUT2D eigenvalue weighted by Crippen LogP contribution is 2.44. The Labute approximate surface area is 181 Å². The molecule has 3 aliphatic rings. The molecule has 2 aliphatic heterocycles. The first kappa shape index (κ1) is 19.8. The van der Waals surface area contributed by atoms with Crippen molar-refractivity contribution in [2.45, 2.75) is 32.2 Å². The Hall–Kier alpha value is -3.16. The van der Waals surface area contributed by atoms with Crippen molar-refractivity contribution in [3.05, 3.63) is 36.2 Å². The minimum Gasteiger partial charge on any atom is -0.488 e. The number of nitrogens with zero attached hydrogens (tertiary/aromatic N) is 4. The van der Waals surface area contributed by atoms with Gasteiger partial charge in [-0.25, -0.2) is 9.97 Å². The number of aldehydes is 1. The predicted octanol–water partition coefficient (Wildman–Crippen LogP) is 2.88. The summed E-state index contributed by atoms with van der Waals surface area (Å²) in [4.78, 5) is 36.9. The summed E-state index contributed by atoms with van der Waals surface area (Å²) < 4.78 is 5.87. The number of rotatable bonds is 6. The number of hydrogen-bond acceptors (Lipinski definition) is 7. The van der Waals surface area contributed by atoms with E-state index in [4.69, 9.17) is 4.74 Å². The van der Waals surface area contributed by atoms with Gasteiger partial charge >= 0.3 is 0 Å². The molecule has 0 aromatic carbocycles. The number of likely N-dealkylation sites (tertiary alicyclic amines) is 1. The van der Waals surface area contributed by atoms with E-state index in [1.54, 1.807) is 12.4 Å². The summed E-state index contributed by atoms with van der Waals surface area (Å²) in [7, 11) is 0. The number of anilines is 3. The number of carbonyl (C=O) groups is 2.